The highest BCUT2D eigenvalue weighted by molar-refractivity contribution is 5.86. The topological polar surface area (TPSA) is 162 Å². The molecule has 3 aromatic rings. The molecule has 5 N–H and O–H groups in total. The lowest BCUT2D eigenvalue weighted by atomic mass is 9.93. The third-order valence-corrected chi connectivity index (χ3v) is 6.38. The fourth-order valence-corrected chi connectivity index (χ4v) is 4.61. The third-order valence-electron chi connectivity index (χ3n) is 6.38. The van der Waals surface area contributed by atoms with E-state index in [1.165, 1.54) is 0 Å². The molecule has 1 aliphatic heterocycles. The van der Waals surface area contributed by atoms with Crippen molar-refractivity contribution in [1.29, 1.82) is 0 Å². The maximum atomic E-state index is 11.3. The minimum Gasteiger partial charge on any atom is -0.496 e. The van der Waals surface area contributed by atoms with Crippen molar-refractivity contribution in [2.75, 3.05) is 32.1 Å². The van der Waals surface area contributed by atoms with Gasteiger partial charge in [0.1, 0.15) is 16.8 Å². The summed E-state index contributed by atoms with van der Waals surface area (Å²) in [5.74, 6) is 1.60. The molecule has 0 bridgehead atoms. The van der Waals surface area contributed by atoms with Crippen LogP contribution in [0, 0.1) is 0 Å². The van der Waals surface area contributed by atoms with Crippen molar-refractivity contribution in [3.05, 3.63) is 29.7 Å². The molecule has 1 aliphatic rings. The van der Waals surface area contributed by atoms with Crippen LogP contribution in [0.2, 0.25) is 0 Å². The fourth-order valence-electron chi connectivity index (χ4n) is 4.61. The maximum Gasteiger partial charge on any atom is 0.412 e. The van der Waals surface area contributed by atoms with E-state index in [0.29, 0.717) is 35.7 Å². The van der Waals surface area contributed by atoms with Crippen molar-refractivity contribution >= 4 is 22.9 Å². The molecule has 1 fully saturated rings. The number of carbonyl (C=O) groups excluding carboxylic acids is 1. The van der Waals surface area contributed by atoms with Crippen LogP contribution in [0.15, 0.2) is 18.5 Å². The van der Waals surface area contributed by atoms with Gasteiger partial charge in [-0.25, -0.2) is 4.79 Å². The summed E-state index contributed by atoms with van der Waals surface area (Å²) in [5.41, 5.74) is 8.20. The average molecular weight is 499 g/mol. The van der Waals surface area contributed by atoms with Gasteiger partial charge in [-0.05, 0) is 38.8 Å². The summed E-state index contributed by atoms with van der Waals surface area (Å²) >= 11 is 0. The molecule has 1 saturated heterocycles. The number of nitrogens with two attached hydrogens (primary N) is 1. The third kappa shape index (κ3) is 6.00. The Kier molecular flexibility index (Phi) is 8.49. The number of fused-ring (bicyclic) bond motifs is 1. The first-order valence-corrected chi connectivity index (χ1v) is 12.3. The van der Waals surface area contributed by atoms with Gasteiger partial charge >= 0.3 is 12.1 Å². The van der Waals surface area contributed by atoms with Crippen molar-refractivity contribution in [3.8, 4) is 11.8 Å². The Morgan fingerprint density at radius 1 is 1.31 bits per heavy atom. The van der Waals surface area contributed by atoms with E-state index in [1.54, 1.807) is 18.0 Å². The Labute approximate surface area is 209 Å². The van der Waals surface area contributed by atoms with Crippen molar-refractivity contribution in [2.45, 2.75) is 57.5 Å². The van der Waals surface area contributed by atoms with Crippen molar-refractivity contribution in [2.24, 2.45) is 5.73 Å². The SMILES string of the molecule is CCCC(CCO)Nc1nc(OC(N)=O)nc2cnn(Cc3cnc(C4CCNCC4)cc3OC)c12. The molecule has 1 atom stereocenters. The number of aliphatic hydroxyl groups excluding tert-OH is 1. The van der Waals surface area contributed by atoms with Gasteiger partial charge in [0.2, 0.25) is 0 Å². The van der Waals surface area contributed by atoms with Crippen molar-refractivity contribution in [1.82, 2.24) is 30.0 Å². The summed E-state index contributed by atoms with van der Waals surface area (Å²) < 4.78 is 12.4. The summed E-state index contributed by atoms with van der Waals surface area (Å²) in [6.07, 6.45) is 6.80. The minimum atomic E-state index is -1.00. The van der Waals surface area contributed by atoms with E-state index < -0.39 is 6.09 Å². The smallest absolute Gasteiger partial charge is 0.412 e. The van der Waals surface area contributed by atoms with Crippen LogP contribution in [0.4, 0.5) is 10.6 Å². The van der Waals surface area contributed by atoms with Gasteiger partial charge in [0.25, 0.3) is 0 Å². The Bertz CT molecular complexity index is 1170. The summed E-state index contributed by atoms with van der Waals surface area (Å²) in [4.78, 5) is 24.8. The number of aromatic nitrogens is 5. The number of primary amides is 1. The molecule has 0 spiro atoms. The number of ether oxygens (including phenoxy) is 2. The number of aliphatic hydroxyl groups is 1. The quantitative estimate of drug-likeness (QED) is 0.308. The second-order valence-corrected chi connectivity index (χ2v) is 8.90. The first-order chi connectivity index (χ1) is 17.5. The lowest BCUT2D eigenvalue weighted by Crippen LogP contribution is -2.27. The number of nitrogens with zero attached hydrogens (tertiary/aromatic N) is 5. The number of rotatable bonds is 11. The highest BCUT2D eigenvalue weighted by Crippen LogP contribution is 2.30. The molecule has 12 nitrogen and oxygen atoms in total. The Morgan fingerprint density at radius 3 is 2.81 bits per heavy atom. The molecule has 4 rings (SSSR count). The van der Waals surface area contributed by atoms with E-state index in [4.69, 9.17) is 20.2 Å². The van der Waals surface area contributed by atoms with Gasteiger partial charge in [-0.15, -0.1) is 0 Å². The number of hydrogen-bond acceptors (Lipinski definition) is 10. The van der Waals surface area contributed by atoms with Gasteiger partial charge in [-0.1, -0.05) is 13.3 Å². The molecule has 12 heteroatoms. The van der Waals surface area contributed by atoms with E-state index in [-0.39, 0.29) is 18.7 Å². The number of nitrogens with one attached hydrogen (secondary N) is 2. The zero-order valence-electron chi connectivity index (χ0n) is 20.7. The number of amides is 1. The monoisotopic (exact) mass is 498 g/mol. The van der Waals surface area contributed by atoms with Crippen LogP contribution in [0.3, 0.4) is 0 Å². The van der Waals surface area contributed by atoms with Crippen LogP contribution in [-0.4, -0.2) is 68.8 Å². The molecule has 3 aromatic heterocycles. The molecule has 4 heterocycles. The highest BCUT2D eigenvalue weighted by atomic mass is 16.6. The molecule has 0 radical (unpaired) electrons. The molecule has 0 aliphatic carbocycles. The van der Waals surface area contributed by atoms with Crippen LogP contribution < -0.4 is 25.8 Å². The first-order valence-electron chi connectivity index (χ1n) is 12.3. The summed E-state index contributed by atoms with van der Waals surface area (Å²) in [5, 5.41) is 20.8. The molecule has 36 heavy (non-hydrogen) atoms. The average Bonchev–Trinajstić information content (AvgIpc) is 3.27. The minimum absolute atomic E-state index is 0.0298. The molecular formula is C24H34N8O4. The van der Waals surface area contributed by atoms with E-state index in [2.05, 4.69) is 32.6 Å². The zero-order chi connectivity index (χ0) is 25.5. The van der Waals surface area contributed by atoms with Crippen LogP contribution in [-0.2, 0) is 6.54 Å². The van der Waals surface area contributed by atoms with Gasteiger partial charge in [-0.3, -0.25) is 9.67 Å². The molecule has 0 saturated carbocycles. The molecule has 194 valence electrons. The summed E-state index contributed by atoms with van der Waals surface area (Å²) in [7, 11) is 1.65. The molecule has 1 unspecified atom stereocenters. The number of anilines is 1. The standard InChI is InChI=1S/C24H34N8O4/c1-3-4-17(7-10-33)29-22-21-19(30-24(31-22)36-23(25)34)13-28-32(21)14-16-12-27-18(11-20(16)35-2)15-5-8-26-9-6-15/h11-13,15,17,26,33H,3-10,14H2,1-2H3,(H2,25,34)(H,29,30,31). The lowest BCUT2D eigenvalue weighted by Gasteiger charge is -2.23. The molecule has 1 amide bonds. The second-order valence-electron chi connectivity index (χ2n) is 8.90. The molecule has 0 aromatic carbocycles. The van der Waals surface area contributed by atoms with Crippen LogP contribution in [0.25, 0.3) is 11.0 Å². The van der Waals surface area contributed by atoms with Crippen LogP contribution in [0.1, 0.15) is 56.2 Å². The fraction of sp³-hybridized carbons (Fsp3) is 0.542. The predicted molar refractivity (Wildman–Crippen MR) is 134 cm³/mol. The Hall–Kier alpha value is -3.51. The second kappa shape index (κ2) is 12.0. The number of pyridine rings is 1. The largest absolute Gasteiger partial charge is 0.496 e. The number of piperidine rings is 1. The van der Waals surface area contributed by atoms with E-state index in [0.717, 1.165) is 55.8 Å². The molecular weight excluding hydrogens is 464 g/mol. The first kappa shape index (κ1) is 25.6. The zero-order valence-corrected chi connectivity index (χ0v) is 20.7. The normalized spacial score (nSPS) is 15.1. The predicted octanol–water partition coefficient (Wildman–Crippen LogP) is 2.17. The van der Waals surface area contributed by atoms with Gasteiger partial charge in [0.05, 0.1) is 19.9 Å². The van der Waals surface area contributed by atoms with E-state index in [9.17, 15) is 9.90 Å². The highest BCUT2D eigenvalue weighted by Gasteiger charge is 2.21. The van der Waals surface area contributed by atoms with Crippen LogP contribution in [0.5, 0.6) is 11.8 Å². The lowest BCUT2D eigenvalue weighted by molar-refractivity contribution is 0.207. The van der Waals surface area contributed by atoms with Gasteiger partial charge < -0.3 is 30.9 Å². The van der Waals surface area contributed by atoms with E-state index in [1.807, 2.05) is 12.3 Å². The van der Waals surface area contributed by atoms with Gasteiger partial charge in [0, 0.05) is 42.1 Å². The van der Waals surface area contributed by atoms with Gasteiger partial charge in [0.15, 0.2) is 5.82 Å². The van der Waals surface area contributed by atoms with Crippen molar-refractivity contribution < 1.29 is 19.4 Å². The number of carbonyl (C=O) groups is 1. The summed E-state index contributed by atoms with van der Waals surface area (Å²) in [6, 6.07) is 1.81. The van der Waals surface area contributed by atoms with Crippen molar-refractivity contribution in [3.63, 3.8) is 0 Å². The van der Waals surface area contributed by atoms with E-state index >= 15 is 0 Å². The summed E-state index contributed by atoms with van der Waals surface area (Å²) in [6.45, 7) is 4.45. The van der Waals surface area contributed by atoms with Gasteiger partial charge in [-0.2, -0.15) is 15.1 Å². The maximum absolute atomic E-state index is 11.3. The Morgan fingerprint density at radius 2 is 2.11 bits per heavy atom. The Balaban J connectivity index is 1.69. The van der Waals surface area contributed by atoms with Crippen LogP contribution >= 0.6 is 0 Å². The number of methoxy groups -OCH3 is 1. The number of hydrogen-bond donors (Lipinski definition) is 4.